The summed E-state index contributed by atoms with van der Waals surface area (Å²) < 4.78 is 17.7. The Morgan fingerprint density at radius 1 is 0.464 bits per heavy atom. The lowest BCUT2D eigenvalue weighted by atomic mass is 10.1. The Hall–Kier alpha value is -7.32. The summed E-state index contributed by atoms with van der Waals surface area (Å²) in [6.45, 7) is 2.19. The molecule has 56 heavy (non-hydrogen) atoms. The summed E-state index contributed by atoms with van der Waals surface area (Å²) in [6, 6.07) is 46.9. The first-order chi connectivity index (χ1) is 27.7. The summed E-state index contributed by atoms with van der Waals surface area (Å²) in [5.41, 5.74) is 6.05. The minimum absolute atomic E-state index is 0.594. The van der Waals surface area contributed by atoms with Crippen molar-refractivity contribution in [2.24, 2.45) is 0 Å². The largest absolute Gasteiger partial charge is 0.457 e. The van der Waals surface area contributed by atoms with E-state index >= 15 is 0 Å². The van der Waals surface area contributed by atoms with Gasteiger partial charge in [0.05, 0.1) is 22.1 Å². The fourth-order valence-corrected chi connectivity index (χ4v) is 7.60. The highest BCUT2D eigenvalue weighted by Gasteiger charge is 2.17. The van der Waals surface area contributed by atoms with Gasteiger partial charge in [-0.3, -0.25) is 9.13 Å². The van der Waals surface area contributed by atoms with Crippen molar-refractivity contribution in [2.45, 2.75) is 26.2 Å². The second-order valence-electron chi connectivity index (χ2n) is 13.9. The predicted molar refractivity (Wildman–Crippen MR) is 223 cm³/mol. The van der Waals surface area contributed by atoms with Gasteiger partial charge in [-0.1, -0.05) is 61.9 Å². The van der Waals surface area contributed by atoms with Crippen LogP contribution in [0.25, 0.3) is 66.6 Å². The number of fused-ring (bicyclic) bond motifs is 6. The van der Waals surface area contributed by atoms with E-state index in [1.807, 2.05) is 91.5 Å². The Morgan fingerprint density at radius 3 is 1.46 bits per heavy atom. The molecule has 270 valence electrons. The molecule has 5 heterocycles. The monoisotopic (exact) mass is 728 g/mol. The maximum absolute atomic E-state index is 6.70. The molecular formula is C48H36N6O2. The number of pyridine rings is 2. The maximum atomic E-state index is 6.70. The molecule has 5 aromatic carbocycles. The molecule has 8 nitrogen and oxygen atoms in total. The second kappa shape index (κ2) is 14.2. The van der Waals surface area contributed by atoms with Crippen LogP contribution in [0.4, 0.5) is 0 Å². The fourth-order valence-electron chi connectivity index (χ4n) is 7.60. The number of ether oxygens (including phenoxy) is 2. The molecule has 0 N–H and O–H groups in total. The molecule has 0 saturated heterocycles. The molecule has 10 aromatic rings. The normalized spacial score (nSPS) is 11.5. The smallest absolute Gasteiger partial charge is 0.159 e. The van der Waals surface area contributed by atoms with Crippen molar-refractivity contribution < 1.29 is 9.47 Å². The van der Waals surface area contributed by atoms with E-state index in [0.29, 0.717) is 28.8 Å². The van der Waals surface area contributed by atoms with Crippen LogP contribution in [0.3, 0.4) is 0 Å². The number of nitrogens with zero attached hydrogens (tertiary/aromatic N) is 6. The first kappa shape index (κ1) is 33.3. The molecule has 5 aromatic heterocycles. The van der Waals surface area contributed by atoms with Gasteiger partial charge in [0.1, 0.15) is 34.6 Å². The Kier molecular flexibility index (Phi) is 8.41. The average molecular weight is 729 g/mol. The average Bonchev–Trinajstić information content (AvgIpc) is 3.75. The summed E-state index contributed by atoms with van der Waals surface area (Å²) in [4.78, 5) is 18.9. The van der Waals surface area contributed by atoms with E-state index in [4.69, 9.17) is 29.4 Å². The van der Waals surface area contributed by atoms with Crippen LogP contribution in [0.2, 0.25) is 0 Å². The van der Waals surface area contributed by atoms with Gasteiger partial charge in [-0.05, 0) is 91.2 Å². The minimum Gasteiger partial charge on any atom is -0.457 e. The summed E-state index contributed by atoms with van der Waals surface area (Å²) in [5, 5.41) is 4.53. The Balaban J connectivity index is 1.07. The molecule has 0 unspecified atom stereocenters. The third kappa shape index (κ3) is 6.07. The second-order valence-corrected chi connectivity index (χ2v) is 13.9. The van der Waals surface area contributed by atoms with Crippen molar-refractivity contribution in [1.82, 2.24) is 29.1 Å². The number of hydrogen-bond acceptors (Lipinski definition) is 6. The van der Waals surface area contributed by atoms with Crippen LogP contribution < -0.4 is 9.47 Å². The molecule has 0 spiro atoms. The SMILES string of the molecule is CCCCc1cnc(-c2cc(Oc3ccc4c5ccccc5n(-c5ccccn5)c4c3)cc(Oc3ccc4c5ccccc5n(-c5ccccn5)c4c3)c2)nc1. The standard InChI is InChI=1S/C48H36N6O2/c1-2-3-12-32-30-51-48(52-31-32)33-25-36(55-34-19-21-40-38-13-4-6-15-42(38)53(44(40)28-34)46-17-8-10-23-49-46)27-37(26-33)56-35-20-22-41-39-14-5-7-16-43(39)54(45(41)29-35)47-18-9-11-24-50-47/h4-11,13-31H,2-3,12H2,1H3. The lowest BCUT2D eigenvalue weighted by Gasteiger charge is -2.13. The van der Waals surface area contributed by atoms with E-state index in [0.717, 1.165) is 85.6 Å². The number of rotatable bonds is 10. The molecule has 0 aliphatic rings. The number of benzene rings is 5. The van der Waals surface area contributed by atoms with Crippen LogP contribution in [-0.4, -0.2) is 29.1 Å². The van der Waals surface area contributed by atoms with E-state index < -0.39 is 0 Å². The molecule has 0 bridgehead atoms. The Morgan fingerprint density at radius 2 is 0.964 bits per heavy atom. The molecule has 0 atom stereocenters. The van der Waals surface area contributed by atoms with E-state index in [9.17, 15) is 0 Å². The van der Waals surface area contributed by atoms with Crippen molar-refractivity contribution in [3.05, 3.63) is 170 Å². The van der Waals surface area contributed by atoms with Crippen molar-refractivity contribution in [3.8, 4) is 46.0 Å². The van der Waals surface area contributed by atoms with Crippen LogP contribution in [0, 0.1) is 0 Å². The van der Waals surface area contributed by atoms with Gasteiger partial charge in [-0.15, -0.1) is 0 Å². The molecule has 10 rings (SSSR count). The van der Waals surface area contributed by atoms with Crippen molar-refractivity contribution in [2.75, 3.05) is 0 Å². The van der Waals surface area contributed by atoms with Gasteiger partial charge in [-0.25, -0.2) is 19.9 Å². The first-order valence-corrected chi connectivity index (χ1v) is 18.9. The zero-order chi connectivity index (χ0) is 37.4. The molecule has 0 aliphatic carbocycles. The quantitative estimate of drug-likeness (QED) is 0.139. The van der Waals surface area contributed by atoms with Gasteiger partial charge in [0, 0.05) is 70.1 Å². The zero-order valence-electron chi connectivity index (χ0n) is 30.7. The maximum Gasteiger partial charge on any atom is 0.159 e. The highest BCUT2D eigenvalue weighted by atomic mass is 16.5. The van der Waals surface area contributed by atoms with Gasteiger partial charge in [-0.2, -0.15) is 0 Å². The van der Waals surface area contributed by atoms with Crippen LogP contribution in [0.15, 0.2) is 164 Å². The van der Waals surface area contributed by atoms with Crippen LogP contribution in [0.1, 0.15) is 25.3 Å². The fraction of sp³-hybridized carbons (Fsp3) is 0.0833. The number of para-hydroxylation sites is 2. The van der Waals surface area contributed by atoms with Crippen molar-refractivity contribution in [3.63, 3.8) is 0 Å². The topological polar surface area (TPSA) is 79.9 Å². The molecule has 8 heteroatoms. The van der Waals surface area contributed by atoms with Gasteiger partial charge < -0.3 is 9.47 Å². The Labute approximate surface area is 323 Å². The van der Waals surface area contributed by atoms with E-state index in [-0.39, 0.29) is 0 Å². The summed E-state index contributed by atoms with van der Waals surface area (Å²) in [5.74, 6) is 4.83. The highest BCUT2D eigenvalue weighted by molar-refractivity contribution is 6.10. The summed E-state index contributed by atoms with van der Waals surface area (Å²) in [6.07, 6.45) is 10.6. The van der Waals surface area contributed by atoms with Crippen LogP contribution in [0.5, 0.6) is 23.0 Å². The van der Waals surface area contributed by atoms with Gasteiger partial charge >= 0.3 is 0 Å². The van der Waals surface area contributed by atoms with Crippen molar-refractivity contribution >= 4 is 43.6 Å². The third-order valence-electron chi connectivity index (χ3n) is 10.2. The van der Waals surface area contributed by atoms with Gasteiger partial charge in [0.2, 0.25) is 0 Å². The first-order valence-electron chi connectivity index (χ1n) is 18.9. The molecular weight excluding hydrogens is 693 g/mol. The van der Waals surface area contributed by atoms with Crippen LogP contribution in [-0.2, 0) is 6.42 Å². The molecule has 0 amide bonds. The number of aryl methyl sites for hydroxylation is 1. The van der Waals surface area contributed by atoms with Crippen LogP contribution >= 0.6 is 0 Å². The third-order valence-corrected chi connectivity index (χ3v) is 10.2. The predicted octanol–water partition coefficient (Wildman–Crippen LogP) is 12.1. The van der Waals surface area contributed by atoms with Gasteiger partial charge in [0.25, 0.3) is 0 Å². The highest BCUT2D eigenvalue weighted by Crippen LogP contribution is 2.39. The lowest BCUT2D eigenvalue weighted by molar-refractivity contribution is 0.461. The van der Waals surface area contributed by atoms with E-state index in [2.05, 4.69) is 88.9 Å². The van der Waals surface area contributed by atoms with E-state index in [1.54, 1.807) is 0 Å². The number of unbranched alkanes of at least 4 members (excludes halogenated alkanes) is 1. The molecule has 0 saturated carbocycles. The number of hydrogen-bond donors (Lipinski definition) is 0. The summed E-state index contributed by atoms with van der Waals surface area (Å²) in [7, 11) is 0. The van der Waals surface area contributed by atoms with E-state index in [1.165, 1.54) is 0 Å². The minimum atomic E-state index is 0.594. The summed E-state index contributed by atoms with van der Waals surface area (Å²) >= 11 is 0. The molecule has 0 radical (unpaired) electrons. The molecule has 0 aliphatic heterocycles. The molecule has 0 fully saturated rings. The zero-order valence-corrected chi connectivity index (χ0v) is 30.7. The number of aromatic nitrogens is 6. The van der Waals surface area contributed by atoms with Crippen molar-refractivity contribution in [1.29, 1.82) is 0 Å². The Bertz CT molecular complexity index is 2830. The van der Waals surface area contributed by atoms with Gasteiger partial charge in [0.15, 0.2) is 5.82 Å². The lowest BCUT2D eigenvalue weighted by Crippen LogP contribution is -1.97.